The average molecular weight is 256 g/mol. The molecule has 2 aromatic carbocycles. The van der Waals surface area contributed by atoms with Crippen LogP contribution in [0.25, 0.3) is 10.8 Å². The van der Waals surface area contributed by atoms with E-state index in [1.54, 1.807) is 0 Å². The van der Waals surface area contributed by atoms with Gasteiger partial charge >= 0.3 is 0 Å². The quantitative estimate of drug-likeness (QED) is 0.833. The summed E-state index contributed by atoms with van der Waals surface area (Å²) in [6, 6.07) is 15.1. The van der Waals surface area contributed by atoms with Gasteiger partial charge in [-0.3, -0.25) is 0 Å². The van der Waals surface area contributed by atoms with Gasteiger partial charge in [-0.25, -0.2) is 0 Å². The number of rotatable bonds is 6. The van der Waals surface area contributed by atoms with Crippen molar-refractivity contribution >= 4 is 10.8 Å². The molecular formula is C17H24N2. The Morgan fingerprint density at radius 2 is 1.79 bits per heavy atom. The number of nitrogens with two attached hydrogens (primary N) is 1. The van der Waals surface area contributed by atoms with Crippen molar-refractivity contribution in [1.82, 2.24) is 5.32 Å². The minimum atomic E-state index is 0.124. The Balaban J connectivity index is 2.02. The summed E-state index contributed by atoms with van der Waals surface area (Å²) in [4.78, 5) is 0. The summed E-state index contributed by atoms with van der Waals surface area (Å²) in [6.07, 6.45) is 2.05. The smallest absolute Gasteiger partial charge is 0.0137 e. The van der Waals surface area contributed by atoms with Gasteiger partial charge < -0.3 is 11.1 Å². The van der Waals surface area contributed by atoms with Crippen LogP contribution in [0.15, 0.2) is 42.5 Å². The van der Waals surface area contributed by atoms with Crippen LogP contribution in [0.3, 0.4) is 0 Å². The molecule has 0 fully saturated rings. The van der Waals surface area contributed by atoms with Crippen molar-refractivity contribution in [2.24, 2.45) is 5.73 Å². The van der Waals surface area contributed by atoms with Crippen molar-refractivity contribution in [2.75, 3.05) is 13.1 Å². The van der Waals surface area contributed by atoms with Gasteiger partial charge in [0.2, 0.25) is 0 Å². The maximum Gasteiger partial charge on any atom is 0.0137 e. The van der Waals surface area contributed by atoms with Gasteiger partial charge in [-0.2, -0.15) is 0 Å². The molecule has 0 aliphatic rings. The molecule has 102 valence electrons. The van der Waals surface area contributed by atoms with Crippen LogP contribution in [0.2, 0.25) is 0 Å². The van der Waals surface area contributed by atoms with E-state index in [-0.39, 0.29) is 5.54 Å². The van der Waals surface area contributed by atoms with E-state index in [0.717, 1.165) is 25.9 Å². The average Bonchev–Trinajstić information content (AvgIpc) is 2.39. The highest BCUT2D eigenvalue weighted by molar-refractivity contribution is 5.85. The topological polar surface area (TPSA) is 38.0 Å². The lowest BCUT2D eigenvalue weighted by Crippen LogP contribution is -2.42. The highest BCUT2D eigenvalue weighted by Crippen LogP contribution is 2.19. The van der Waals surface area contributed by atoms with Crippen molar-refractivity contribution in [2.45, 2.75) is 32.2 Å². The highest BCUT2D eigenvalue weighted by Gasteiger charge is 2.14. The van der Waals surface area contributed by atoms with Gasteiger partial charge in [-0.05, 0) is 56.1 Å². The van der Waals surface area contributed by atoms with Crippen LogP contribution in [0.1, 0.15) is 25.8 Å². The number of hydrogen-bond acceptors (Lipinski definition) is 2. The van der Waals surface area contributed by atoms with Crippen molar-refractivity contribution in [3.05, 3.63) is 48.0 Å². The van der Waals surface area contributed by atoms with E-state index in [2.05, 4.69) is 61.6 Å². The van der Waals surface area contributed by atoms with Gasteiger partial charge in [0.25, 0.3) is 0 Å². The van der Waals surface area contributed by atoms with Crippen LogP contribution >= 0.6 is 0 Å². The molecule has 0 aliphatic carbocycles. The molecule has 0 amide bonds. The summed E-state index contributed by atoms with van der Waals surface area (Å²) >= 11 is 0. The fourth-order valence-corrected chi connectivity index (χ4v) is 2.50. The number of fused-ring (bicyclic) bond motifs is 1. The first kappa shape index (κ1) is 14.0. The first-order valence-corrected chi connectivity index (χ1v) is 7.04. The van der Waals surface area contributed by atoms with Crippen molar-refractivity contribution in [3.63, 3.8) is 0 Å². The minimum Gasteiger partial charge on any atom is -0.330 e. The van der Waals surface area contributed by atoms with E-state index < -0.39 is 0 Å². The third kappa shape index (κ3) is 3.79. The van der Waals surface area contributed by atoms with Crippen LogP contribution in [-0.4, -0.2) is 18.6 Å². The van der Waals surface area contributed by atoms with E-state index in [1.807, 2.05) is 0 Å². The monoisotopic (exact) mass is 256 g/mol. The maximum atomic E-state index is 5.63. The Labute approximate surface area is 116 Å². The van der Waals surface area contributed by atoms with Crippen LogP contribution < -0.4 is 11.1 Å². The molecule has 3 N–H and O–H groups in total. The number of hydrogen-bond donors (Lipinski definition) is 2. The molecule has 0 saturated carbocycles. The molecule has 0 aliphatic heterocycles. The van der Waals surface area contributed by atoms with Crippen molar-refractivity contribution < 1.29 is 0 Å². The predicted octanol–water partition coefficient (Wildman–Crippen LogP) is 3.10. The molecule has 2 heteroatoms. The molecule has 0 aromatic heterocycles. The lowest BCUT2D eigenvalue weighted by Gasteiger charge is -2.25. The second-order valence-electron chi connectivity index (χ2n) is 5.74. The molecule has 0 spiro atoms. The zero-order chi connectivity index (χ0) is 13.7. The number of benzene rings is 2. The lowest BCUT2D eigenvalue weighted by atomic mass is 9.99. The Kier molecular flexibility index (Phi) is 4.56. The summed E-state index contributed by atoms with van der Waals surface area (Å²) in [5, 5.41) is 6.28. The molecule has 0 unspecified atom stereocenters. The van der Waals surface area contributed by atoms with Gasteiger partial charge in [0.15, 0.2) is 0 Å². The van der Waals surface area contributed by atoms with Crippen LogP contribution in [0.4, 0.5) is 0 Å². The zero-order valence-electron chi connectivity index (χ0n) is 11.9. The lowest BCUT2D eigenvalue weighted by molar-refractivity contribution is 0.370. The fourth-order valence-electron chi connectivity index (χ4n) is 2.50. The van der Waals surface area contributed by atoms with Gasteiger partial charge in [0, 0.05) is 5.54 Å². The molecule has 2 rings (SSSR count). The third-order valence-electron chi connectivity index (χ3n) is 3.65. The third-order valence-corrected chi connectivity index (χ3v) is 3.65. The summed E-state index contributed by atoms with van der Waals surface area (Å²) in [6.45, 7) is 6.14. The summed E-state index contributed by atoms with van der Waals surface area (Å²) in [5.74, 6) is 0. The summed E-state index contributed by atoms with van der Waals surface area (Å²) in [5.41, 5.74) is 7.17. The molecule has 0 bridgehead atoms. The van der Waals surface area contributed by atoms with Gasteiger partial charge in [-0.15, -0.1) is 0 Å². The molecule has 2 nitrogen and oxygen atoms in total. The molecule has 2 aromatic rings. The van der Waals surface area contributed by atoms with E-state index in [1.165, 1.54) is 16.3 Å². The van der Waals surface area contributed by atoms with E-state index in [4.69, 9.17) is 5.73 Å². The normalized spacial score (nSPS) is 11.9. The van der Waals surface area contributed by atoms with Gasteiger partial charge in [0.05, 0.1) is 0 Å². The Morgan fingerprint density at radius 1 is 1.05 bits per heavy atom. The minimum absolute atomic E-state index is 0.124. The Hall–Kier alpha value is -1.38. The SMILES string of the molecule is CC(C)(CCN)NCCc1cccc2ccccc12. The molecule has 0 radical (unpaired) electrons. The fraction of sp³-hybridized carbons (Fsp3) is 0.412. The van der Waals surface area contributed by atoms with Crippen LogP contribution in [-0.2, 0) is 6.42 Å². The van der Waals surface area contributed by atoms with Crippen molar-refractivity contribution in [3.8, 4) is 0 Å². The Morgan fingerprint density at radius 3 is 2.58 bits per heavy atom. The Bertz CT molecular complexity index is 526. The van der Waals surface area contributed by atoms with Crippen LogP contribution in [0, 0.1) is 0 Å². The molecule has 0 saturated heterocycles. The molecular weight excluding hydrogens is 232 g/mol. The van der Waals surface area contributed by atoms with E-state index in [0.29, 0.717) is 0 Å². The first-order valence-electron chi connectivity index (χ1n) is 7.04. The van der Waals surface area contributed by atoms with Crippen molar-refractivity contribution in [1.29, 1.82) is 0 Å². The van der Waals surface area contributed by atoms with Gasteiger partial charge in [-0.1, -0.05) is 42.5 Å². The predicted molar refractivity (Wildman–Crippen MR) is 83.4 cm³/mol. The molecule has 19 heavy (non-hydrogen) atoms. The maximum absolute atomic E-state index is 5.63. The second-order valence-corrected chi connectivity index (χ2v) is 5.74. The standard InChI is InChI=1S/C17H24N2/c1-17(2,11-12-18)19-13-10-15-8-5-7-14-6-3-4-9-16(14)15/h3-9,19H,10-13,18H2,1-2H3. The largest absolute Gasteiger partial charge is 0.330 e. The number of nitrogens with one attached hydrogen (secondary N) is 1. The summed E-state index contributed by atoms with van der Waals surface area (Å²) < 4.78 is 0. The zero-order valence-corrected chi connectivity index (χ0v) is 11.9. The molecule has 0 atom stereocenters. The highest BCUT2D eigenvalue weighted by atomic mass is 14.9. The van der Waals surface area contributed by atoms with Gasteiger partial charge in [0.1, 0.15) is 0 Å². The first-order chi connectivity index (χ1) is 9.12. The summed E-state index contributed by atoms with van der Waals surface area (Å²) in [7, 11) is 0. The molecule has 0 heterocycles. The van der Waals surface area contributed by atoms with E-state index >= 15 is 0 Å². The van der Waals surface area contributed by atoms with Crippen LogP contribution in [0.5, 0.6) is 0 Å². The van der Waals surface area contributed by atoms with E-state index in [9.17, 15) is 0 Å². The second kappa shape index (κ2) is 6.18.